The number of thiazole rings is 1. The van der Waals surface area contributed by atoms with Crippen LogP contribution in [0.1, 0.15) is 11.3 Å². The van der Waals surface area contributed by atoms with Crippen molar-refractivity contribution < 1.29 is 4.39 Å². The molecule has 0 saturated heterocycles. The summed E-state index contributed by atoms with van der Waals surface area (Å²) in [5.74, 6) is -0.133. The van der Waals surface area contributed by atoms with Gasteiger partial charge in [0.05, 0.1) is 5.69 Å². The summed E-state index contributed by atoms with van der Waals surface area (Å²) < 4.78 is 13.3. The maximum absolute atomic E-state index is 13.3. The van der Waals surface area contributed by atoms with E-state index in [4.69, 9.17) is 0 Å². The standard InChI is InChI=1S/C12H13FN2S/c1-14-12-15-10(8-16-12)7-6-9-4-2-3-5-11(9)13/h2-5,8H,6-7H2,1H3,(H,14,15). The third kappa shape index (κ3) is 2.58. The molecule has 16 heavy (non-hydrogen) atoms. The van der Waals surface area contributed by atoms with Gasteiger partial charge in [0.15, 0.2) is 5.13 Å². The Bertz CT molecular complexity index is 468. The molecule has 84 valence electrons. The van der Waals surface area contributed by atoms with E-state index in [1.165, 1.54) is 6.07 Å². The highest BCUT2D eigenvalue weighted by atomic mass is 32.1. The zero-order valence-corrected chi connectivity index (χ0v) is 9.85. The molecule has 0 spiro atoms. The Morgan fingerprint density at radius 2 is 2.12 bits per heavy atom. The number of hydrogen-bond donors (Lipinski definition) is 1. The number of anilines is 1. The van der Waals surface area contributed by atoms with Crippen LogP contribution in [0.15, 0.2) is 29.6 Å². The monoisotopic (exact) mass is 236 g/mol. The molecule has 2 nitrogen and oxygen atoms in total. The fourth-order valence-electron chi connectivity index (χ4n) is 1.50. The highest BCUT2D eigenvalue weighted by Crippen LogP contribution is 2.16. The van der Waals surface area contributed by atoms with Crippen LogP contribution < -0.4 is 5.32 Å². The van der Waals surface area contributed by atoms with Crippen molar-refractivity contribution in [1.29, 1.82) is 0 Å². The third-order valence-corrected chi connectivity index (χ3v) is 3.28. The van der Waals surface area contributed by atoms with Crippen molar-refractivity contribution >= 4 is 16.5 Å². The molecule has 0 atom stereocenters. The van der Waals surface area contributed by atoms with Crippen molar-refractivity contribution in [3.8, 4) is 0 Å². The van der Waals surface area contributed by atoms with Gasteiger partial charge in [-0.25, -0.2) is 9.37 Å². The Kier molecular flexibility index (Phi) is 3.51. The van der Waals surface area contributed by atoms with Gasteiger partial charge >= 0.3 is 0 Å². The molecule has 0 radical (unpaired) electrons. The summed E-state index contributed by atoms with van der Waals surface area (Å²) >= 11 is 1.57. The zero-order chi connectivity index (χ0) is 11.4. The van der Waals surface area contributed by atoms with E-state index >= 15 is 0 Å². The summed E-state index contributed by atoms with van der Waals surface area (Å²) in [4.78, 5) is 4.36. The summed E-state index contributed by atoms with van der Waals surface area (Å²) in [5.41, 5.74) is 1.76. The number of nitrogens with one attached hydrogen (secondary N) is 1. The Hall–Kier alpha value is -1.42. The van der Waals surface area contributed by atoms with E-state index < -0.39 is 0 Å². The van der Waals surface area contributed by atoms with Crippen molar-refractivity contribution in [2.75, 3.05) is 12.4 Å². The molecule has 0 aliphatic carbocycles. The van der Waals surface area contributed by atoms with Gasteiger partial charge < -0.3 is 5.32 Å². The average Bonchev–Trinajstić information content (AvgIpc) is 2.76. The van der Waals surface area contributed by atoms with Crippen LogP contribution in [0.5, 0.6) is 0 Å². The Morgan fingerprint density at radius 1 is 1.31 bits per heavy atom. The van der Waals surface area contributed by atoms with E-state index in [1.807, 2.05) is 24.6 Å². The van der Waals surface area contributed by atoms with Gasteiger partial charge in [0.25, 0.3) is 0 Å². The average molecular weight is 236 g/mol. The molecule has 2 rings (SSSR count). The van der Waals surface area contributed by atoms with E-state index in [9.17, 15) is 4.39 Å². The lowest BCUT2D eigenvalue weighted by Gasteiger charge is -2.00. The van der Waals surface area contributed by atoms with Crippen molar-refractivity contribution in [2.45, 2.75) is 12.8 Å². The first kappa shape index (κ1) is 11.1. The Morgan fingerprint density at radius 3 is 2.81 bits per heavy atom. The van der Waals surface area contributed by atoms with Gasteiger partial charge in [-0.1, -0.05) is 18.2 Å². The largest absolute Gasteiger partial charge is 0.365 e. The van der Waals surface area contributed by atoms with Crippen LogP contribution >= 0.6 is 11.3 Å². The molecule has 0 fully saturated rings. The van der Waals surface area contributed by atoms with E-state index in [0.29, 0.717) is 6.42 Å². The fourth-order valence-corrected chi connectivity index (χ4v) is 2.21. The second-order valence-electron chi connectivity index (χ2n) is 3.49. The number of benzene rings is 1. The first-order valence-electron chi connectivity index (χ1n) is 5.15. The van der Waals surface area contributed by atoms with E-state index in [2.05, 4.69) is 10.3 Å². The molecule has 0 bridgehead atoms. The molecule has 2 aromatic rings. The van der Waals surface area contributed by atoms with Crippen LogP contribution in [0.25, 0.3) is 0 Å². The Labute approximate surface area is 98.2 Å². The molecular formula is C12H13FN2S. The summed E-state index contributed by atoms with van der Waals surface area (Å²) in [6.07, 6.45) is 1.47. The number of aryl methyl sites for hydroxylation is 2. The van der Waals surface area contributed by atoms with Crippen molar-refractivity contribution in [3.05, 3.63) is 46.7 Å². The molecule has 4 heteroatoms. The molecule has 1 aromatic heterocycles. The summed E-state index contributed by atoms with van der Waals surface area (Å²) in [5, 5.41) is 5.90. The minimum absolute atomic E-state index is 0.133. The topological polar surface area (TPSA) is 24.9 Å². The number of rotatable bonds is 4. The molecule has 0 aliphatic rings. The van der Waals surface area contributed by atoms with Crippen LogP contribution in [0, 0.1) is 5.82 Å². The van der Waals surface area contributed by atoms with Crippen LogP contribution in [-0.2, 0) is 12.8 Å². The van der Waals surface area contributed by atoms with Gasteiger partial charge in [-0.15, -0.1) is 11.3 Å². The summed E-state index contributed by atoms with van der Waals surface area (Å²) in [7, 11) is 1.85. The second kappa shape index (κ2) is 5.07. The molecule has 1 aromatic carbocycles. The first-order valence-corrected chi connectivity index (χ1v) is 6.03. The minimum atomic E-state index is -0.133. The van der Waals surface area contributed by atoms with E-state index in [-0.39, 0.29) is 5.82 Å². The lowest BCUT2D eigenvalue weighted by atomic mass is 10.1. The number of aromatic nitrogens is 1. The summed E-state index contributed by atoms with van der Waals surface area (Å²) in [6, 6.07) is 6.88. The normalized spacial score (nSPS) is 10.4. The number of nitrogens with zero attached hydrogens (tertiary/aromatic N) is 1. The third-order valence-electron chi connectivity index (χ3n) is 2.37. The SMILES string of the molecule is CNc1nc(CCc2ccccc2F)cs1. The van der Waals surface area contributed by atoms with Crippen molar-refractivity contribution in [2.24, 2.45) is 0 Å². The molecule has 0 aliphatic heterocycles. The highest BCUT2D eigenvalue weighted by Gasteiger charge is 2.04. The van der Waals surface area contributed by atoms with Gasteiger partial charge in [0, 0.05) is 12.4 Å². The summed E-state index contributed by atoms with van der Waals surface area (Å²) in [6.45, 7) is 0. The van der Waals surface area contributed by atoms with Crippen LogP contribution in [0.2, 0.25) is 0 Å². The van der Waals surface area contributed by atoms with Crippen molar-refractivity contribution in [3.63, 3.8) is 0 Å². The van der Waals surface area contributed by atoms with Gasteiger partial charge in [0.1, 0.15) is 5.82 Å². The van der Waals surface area contributed by atoms with Crippen LogP contribution in [0.3, 0.4) is 0 Å². The molecule has 0 saturated carbocycles. The van der Waals surface area contributed by atoms with Gasteiger partial charge in [0.2, 0.25) is 0 Å². The second-order valence-corrected chi connectivity index (χ2v) is 4.34. The van der Waals surface area contributed by atoms with Crippen LogP contribution in [0.4, 0.5) is 9.52 Å². The highest BCUT2D eigenvalue weighted by molar-refractivity contribution is 7.13. The maximum atomic E-state index is 13.3. The van der Waals surface area contributed by atoms with E-state index in [0.717, 1.165) is 22.8 Å². The predicted molar refractivity (Wildman–Crippen MR) is 65.5 cm³/mol. The van der Waals surface area contributed by atoms with Gasteiger partial charge in [-0.3, -0.25) is 0 Å². The lowest BCUT2D eigenvalue weighted by Crippen LogP contribution is -1.95. The smallest absolute Gasteiger partial charge is 0.182 e. The molecule has 1 heterocycles. The number of hydrogen-bond acceptors (Lipinski definition) is 3. The van der Waals surface area contributed by atoms with Gasteiger partial charge in [-0.05, 0) is 24.5 Å². The molecule has 0 amide bonds. The fraction of sp³-hybridized carbons (Fsp3) is 0.250. The van der Waals surface area contributed by atoms with Gasteiger partial charge in [-0.2, -0.15) is 0 Å². The molecule has 1 N–H and O–H groups in total. The number of halogens is 1. The first-order chi connectivity index (χ1) is 7.79. The quantitative estimate of drug-likeness (QED) is 0.882. The minimum Gasteiger partial charge on any atom is -0.365 e. The molecule has 0 unspecified atom stereocenters. The lowest BCUT2D eigenvalue weighted by molar-refractivity contribution is 0.608. The van der Waals surface area contributed by atoms with E-state index in [1.54, 1.807) is 17.4 Å². The molecular weight excluding hydrogens is 223 g/mol. The Balaban J connectivity index is 1.99. The maximum Gasteiger partial charge on any atom is 0.182 e. The van der Waals surface area contributed by atoms with Crippen molar-refractivity contribution in [1.82, 2.24) is 4.98 Å². The predicted octanol–water partition coefficient (Wildman–Crippen LogP) is 3.11. The van der Waals surface area contributed by atoms with Crippen LogP contribution in [-0.4, -0.2) is 12.0 Å². The zero-order valence-electron chi connectivity index (χ0n) is 9.03.